The van der Waals surface area contributed by atoms with Crippen LogP contribution in [-0.2, 0) is 20.2 Å². The highest BCUT2D eigenvalue weighted by molar-refractivity contribution is 7.89. The van der Waals surface area contributed by atoms with E-state index in [-0.39, 0.29) is 16.2 Å². The molecule has 0 radical (unpaired) electrons. The van der Waals surface area contributed by atoms with Gasteiger partial charge in [-0.3, -0.25) is 4.79 Å². The Kier molecular flexibility index (Phi) is 6.73. The molecule has 1 aliphatic heterocycles. The van der Waals surface area contributed by atoms with Gasteiger partial charge >= 0.3 is 0 Å². The van der Waals surface area contributed by atoms with Gasteiger partial charge in [0.25, 0.3) is 5.91 Å². The summed E-state index contributed by atoms with van der Waals surface area (Å²) >= 11 is 0. The average Bonchev–Trinajstić information content (AvgIpc) is 2.73. The number of anilines is 2. The van der Waals surface area contributed by atoms with Crippen molar-refractivity contribution < 1.29 is 17.9 Å². The molecule has 2 aromatic carbocycles. The van der Waals surface area contributed by atoms with Gasteiger partial charge in [0.2, 0.25) is 10.0 Å². The van der Waals surface area contributed by atoms with Crippen molar-refractivity contribution in [3.05, 3.63) is 53.6 Å². The lowest BCUT2D eigenvalue weighted by atomic mass is 9.87. The van der Waals surface area contributed by atoms with Crippen LogP contribution in [0.1, 0.15) is 36.7 Å². The smallest absolute Gasteiger partial charge is 0.257 e. The van der Waals surface area contributed by atoms with Crippen LogP contribution in [0.5, 0.6) is 0 Å². The summed E-state index contributed by atoms with van der Waals surface area (Å²) in [5, 5.41) is 2.92. The molecule has 1 N–H and O–H groups in total. The number of morpholine rings is 1. The van der Waals surface area contributed by atoms with Gasteiger partial charge in [0.05, 0.1) is 23.7 Å². The lowest BCUT2D eigenvalue weighted by Gasteiger charge is -2.30. The zero-order valence-electron chi connectivity index (χ0n) is 18.8. The van der Waals surface area contributed by atoms with E-state index in [1.54, 1.807) is 12.1 Å². The largest absolute Gasteiger partial charge is 0.378 e. The summed E-state index contributed by atoms with van der Waals surface area (Å²) in [7, 11) is -0.717. The Bertz CT molecular complexity index is 1040. The minimum absolute atomic E-state index is 0.0148. The third-order valence-electron chi connectivity index (χ3n) is 5.35. The first kappa shape index (κ1) is 23.2. The number of sulfonamides is 1. The topological polar surface area (TPSA) is 79.0 Å². The van der Waals surface area contributed by atoms with E-state index in [4.69, 9.17) is 4.74 Å². The molecule has 31 heavy (non-hydrogen) atoms. The van der Waals surface area contributed by atoms with E-state index in [1.165, 1.54) is 25.7 Å². The van der Waals surface area contributed by atoms with Crippen LogP contribution < -0.4 is 10.2 Å². The lowest BCUT2D eigenvalue weighted by Crippen LogP contribution is -2.37. The molecule has 8 heteroatoms. The van der Waals surface area contributed by atoms with E-state index in [0.29, 0.717) is 43.2 Å². The van der Waals surface area contributed by atoms with Crippen molar-refractivity contribution in [3.63, 3.8) is 0 Å². The van der Waals surface area contributed by atoms with Crippen molar-refractivity contribution in [1.29, 1.82) is 0 Å². The first-order chi connectivity index (χ1) is 14.5. The molecule has 0 saturated carbocycles. The number of carbonyl (C=O) groups excluding carboxylic acids is 1. The van der Waals surface area contributed by atoms with Gasteiger partial charge in [-0.05, 0) is 41.3 Å². The summed E-state index contributed by atoms with van der Waals surface area (Å²) in [5.74, 6) is -0.346. The second-order valence-corrected chi connectivity index (χ2v) is 11.0. The minimum Gasteiger partial charge on any atom is -0.378 e. The Morgan fingerprint density at radius 2 is 1.65 bits per heavy atom. The van der Waals surface area contributed by atoms with Crippen molar-refractivity contribution in [3.8, 4) is 0 Å². The van der Waals surface area contributed by atoms with Crippen LogP contribution in [0.3, 0.4) is 0 Å². The maximum Gasteiger partial charge on any atom is 0.257 e. The molecular formula is C23H31N3O4S. The second kappa shape index (κ2) is 8.98. The molecular weight excluding hydrogens is 414 g/mol. The van der Waals surface area contributed by atoms with Crippen LogP contribution in [0.2, 0.25) is 0 Å². The fourth-order valence-electron chi connectivity index (χ4n) is 3.40. The van der Waals surface area contributed by atoms with E-state index >= 15 is 0 Å². The van der Waals surface area contributed by atoms with Gasteiger partial charge in [0.1, 0.15) is 0 Å². The molecule has 2 aromatic rings. The predicted octanol–water partition coefficient (Wildman–Crippen LogP) is 3.32. The molecule has 1 fully saturated rings. The molecule has 0 atom stereocenters. The zero-order chi connectivity index (χ0) is 22.8. The minimum atomic E-state index is -3.67. The van der Waals surface area contributed by atoms with Crippen LogP contribution in [0.15, 0.2) is 47.4 Å². The molecule has 1 saturated heterocycles. The number of hydrogen-bond donors (Lipinski definition) is 1. The highest BCUT2D eigenvalue weighted by atomic mass is 32.2. The maximum absolute atomic E-state index is 13.2. The van der Waals surface area contributed by atoms with Crippen LogP contribution >= 0.6 is 0 Å². The molecule has 0 aliphatic carbocycles. The standard InChI is InChI=1S/C23H31N3O4S/c1-23(2,3)17-6-8-18(9-7-17)24-22(27)20-16-19(31(28,29)25(4)5)10-11-21(20)26-12-14-30-15-13-26/h6-11,16H,12-15H2,1-5H3,(H,24,27). The first-order valence-corrected chi connectivity index (χ1v) is 11.8. The Morgan fingerprint density at radius 3 is 2.19 bits per heavy atom. The van der Waals surface area contributed by atoms with Crippen LogP contribution in [0, 0.1) is 0 Å². The number of ether oxygens (including phenoxy) is 1. The Balaban J connectivity index is 1.96. The summed E-state index contributed by atoms with van der Waals surface area (Å²) in [5.41, 5.74) is 2.86. The number of amides is 1. The third kappa shape index (κ3) is 5.26. The predicted molar refractivity (Wildman–Crippen MR) is 123 cm³/mol. The molecule has 168 valence electrons. The van der Waals surface area contributed by atoms with Gasteiger partial charge in [-0.2, -0.15) is 0 Å². The van der Waals surface area contributed by atoms with Gasteiger partial charge in [0.15, 0.2) is 0 Å². The number of rotatable bonds is 5. The molecule has 0 aromatic heterocycles. The fraction of sp³-hybridized carbons (Fsp3) is 0.435. The van der Waals surface area contributed by atoms with Crippen molar-refractivity contribution in [2.24, 2.45) is 0 Å². The quantitative estimate of drug-likeness (QED) is 0.764. The van der Waals surface area contributed by atoms with E-state index in [1.807, 2.05) is 29.2 Å². The van der Waals surface area contributed by atoms with Gasteiger partial charge in [-0.15, -0.1) is 0 Å². The second-order valence-electron chi connectivity index (χ2n) is 8.85. The van der Waals surface area contributed by atoms with Crippen LogP contribution in [0.25, 0.3) is 0 Å². The van der Waals surface area contributed by atoms with Gasteiger partial charge < -0.3 is 15.0 Å². The Hall–Kier alpha value is -2.42. The monoisotopic (exact) mass is 445 g/mol. The van der Waals surface area contributed by atoms with Crippen LogP contribution in [-0.4, -0.2) is 59.0 Å². The molecule has 1 amide bonds. The van der Waals surface area contributed by atoms with Crippen molar-refractivity contribution in [1.82, 2.24) is 4.31 Å². The summed E-state index contributed by atoms with van der Waals surface area (Å²) < 4.78 is 31.9. The number of hydrogen-bond acceptors (Lipinski definition) is 5. The Labute approximate surface area is 185 Å². The van der Waals surface area contributed by atoms with Crippen LogP contribution in [0.4, 0.5) is 11.4 Å². The molecule has 0 bridgehead atoms. The summed E-state index contributed by atoms with van der Waals surface area (Å²) in [6.07, 6.45) is 0. The average molecular weight is 446 g/mol. The van der Waals surface area contributed by atoms with Crippen molar-refractivity contribution >= 4 is 27.3 Å². The Morgan fingerprint density at radius 1 is 1.03 bits per heavy atom. The van der Waals surface area contributed by atoms with E-state index in [9.17, 15) is 13.2 Å². The number of nitrogens with zero attached hydrogens (tertiary/aromatic N) is 2. The first-order valence-electron chi connectivity index (χ1n) is 10.3. The van der Waals surface area contributed by atoms with E-state index in [2.05, 4.69) is 26.1 Å². The molecule has 7 nitrogen and oxygen atoms in total. The molecule has 3 rings (SSSR count). The third-order valence-corrected chi connectivity index (χ3v) is 7.16. The van der Waals surface area contributed by atoms with E-state index < -0.39 is 10.0 Å². The summed E-state index contributed by atoms with van der Waals surface area (Å²) in [6.45, 7) is 8.80. The van der Waals surface area contributed by atoms with E-state index in [0.717, 1.165) is 4.31 Å². The summed E-state index contributed by atoms with van der Waals surface area (Å²) in [4.78, 5) is 15.4. The van der Waals surface area contributed by atoms with Crippen molar-refractivity contribution in [2.45, 2.75) is 31.1 Å². The molecule has 0 spiro atoms. The SMILES string of the molecule is CN(C)S(=O)(=O)c1ccc(N2CCOCC2)c(C(=O)Nc2ccc(C(C)(C)C)cc2)c1. The normalized spacial score (nSPS) is 15.2. The molecule has 1 heterocycles. The number of carbonyl (C=O) groups is 1. The highest BCUT2D eigenvalue weighted by Gasteiger charge is 2.24. The highest BCUT2D eigenvalue weighted by Crippen LogP contribution is 2.28. The fourth-order valence-corrected chi connectivity index (χ4v) is 4.33. The zero-order valence-corrected chi connectivity index (χ0v) is 19.6. The van der Waals surface area contributed by atoms with Gasteiger partial charge in [-0.1, -0.05) is 32.9 Å². The van der Waals surface area contributed by atoms with Gasteiger partial charge in [0, 0.05) is 38.6 Å². The maximum atomic E-state index is 13.2. The lowest BCUT2D eigenvalue weighted by molar-refractivity contribution is 0.102. The van der Waals surface area contributed by atoms with Crippen molar-refractivity contribution in [2.75, 3.05) is 50.6 Å². The molecule has 1 aliphatic rings. The summed E-state index contributed by atoms with van der Waals surface area (Å²) in [6, 6.07) is 12.4. The molecule has 0 unspecified atom stereocenters. The van der Waals surface area contributed by atoms with Gasteiger partial charge in [-0.25, -0.2) is 12.7 Å². The number of benzene rings is 2. The number of nitrogens with one attached hydrogen (secondary N) is 1.